The fraction of sp³-hybridized carbons (Fsp3) is 0.400. The van der Waals surface area contributed by atoms with Gasteiger partial charge in [0.05, 0.1) is 5.69 Å². The summed E-state index contributed by atoms with van der Waals surface area (Å²) in [6.07, 6.45) is 0. The summed E-state index contributed by atoms with van der Waals surface area (Å²) in [5.74, 6) is 0. The van der Waals surface area contributed by atoms with Crippen LogP contribution >= 0.6 is 0 Å². The zero-order chi connectivity index (χ0) is 8.65. The van der Waals surface area contributed by atoms with E-state index in [9.17, 15) is 12.9 Å². The molecular weight excluding hydrogens is 195 g/mol. The summed E-state index contributed by atoms with van der Waals surface area (Å²) in [4.78, 5) is 0. The number of halogens is 3. The van der Waals surface area contributed by atoms with Crippen LogP contribution in [0, 0.1) is 13.8 Å². The fourth-order valence-corrected chi connectivity index (χ4v) is 0.825. The number of aryl methyl sites for hydroxylation is 1. The summed E-state index contributed by atoms with van der Waals surface area (Å²) in [6, 6.07) is 0. The van der Waals surface area contributed by atoms with Gasteiger partial charge in [-0.05, 0) is 25.0 Å². The maximum atomic E-state index is 12.1. The number of rotatable bonds is 1. The molecule has 0 saturated carbocycles. The average molecular weight is 202 g/mol. The molecule has 0 spiro atoms. The normalized spacial score (nSPS) is 11.1. The predicted octanol–water partition coefficient (Wildman–Crippen LogP) is -1.92. The van der Waals surface area contributed by atoms with Gasteiger partial charge in [0.25, 0.3) is 0 Å². The maximum Gasteiger partial charge on any atom is 1.00 e. The molecule has 62 valence electrons. The summed E-state index contributed by atoms with van der Waals surface area (Å²) in [5, 5.41) is 5.42. The number of nitrogens with zero attached hydrogens (tertiary/aromatic N) is 1. The third-order valence-electron chi connectivity index (χ3n) is 1.62. The topological polar surface area (TPSA) is 28.7 Å². The number of aromatic amines is 1. The van der Waals surface area contributed by atoms with Crippen LogP contribution in [0.25, 0.3) is 0 Å². The summed E-state index contributed by atoms with van der Waals surface area (Å²) >= 11 is 0. The Hall–Kier alpha value is 0.701. The molecule has 0 aliphatic heterocycles. The van der Waals surface area contributed by atoms with Crippen LogP contribution < -0.4 is 57.0 Å². The Kier molecular flexibility index (Phi) is 4.53. The number of nitrogens with one attached hydrogen (secondary N) is 1. The van der Waals surface area contributed by atoms with Crippen LogP contribution in [0.2, 0.25) is 0 Å². The van der Waals surface area contributed by atoms with Crippen molar-refractivity contribution in [1.29, 1.82) is 0 Å². The summed E-state index contributed by atoms with van der Waals surface area (Å²) in [5.41, 5.74) is -0.0980. The van der Waals surface area contributed by atoms with Crippen molar-refractivity contribution < 1.29 is 64.3 Å². The van der Waals surface area contributed by atoms with Gasteiger partial charge in [-0.3, -0.25) is 0 Å². The molecule has 0 atom stereocenters. The van der Waals surface area contributed by atoms with E-state index in [1.165, 1.54) is 13.8 Å². The smallest absolute Gasteiger partial charge is 0.444 e. The summed E-state index contributed by atoms with van der Waals surface area (Å²) in [6.45, 7) is -1.98. The second-order valence-electron chi connectivity index (χ2n) is 2.42. The Balaban J connectivity index is 0.00000121. The Morgan fingerprint density at radius 3 is 1.92 bits per heavy atom. The van der Waals surface area contributed by atoms with Gasteiger partial charge in [-0.15, -0.1) is 0 Å². The van der Waals surface area contributed by atoms with Crippen LogP contribution in [0.1, 0.15) is 11.3 Å². The molecular formula is C5H7BF3KN2. The van der Waals surface area contributed by atoms with E-state index in [0.29, 0.717) is 5.69 Å². The Labute approximate surface area is 111 Å². The van der Waals surface area contributed by atoms with E-state index in [1.54, 1.807) is 0 Å². The van der Waals surface area contributed by atoms with Crippen molar-refractivity contribution in [2.45, 2.75) is 13.8 Å². The van der Waals surface area contributed by atoms with Crippen molar-refractivity contribution in [2.75, 3.05) is 0 Å². The third-order valence-corrected chi connectivity index (χ3v) is 1.62. The SMILES string of the molecule is Cc1n[nH]c([B-](F)(F)F)c1C.[K+]. The van der Waals surface area contributed by atoms with Gasteiger partial charge in [-0.1, -0.05) is 0 Å². The Morgan fingerprint density at radius 2 is 1.75 bits per heavy atom. The first-order valence-electron chi connectivity index (χ1n) is 3.14. The molecule has 1 aromatic rings. The van der Waals surface area contributed by atoms with Gasteiger partial charge in [-0.2, -0.15) is 5.10 Å². The molecule has 0 saturated heterocycles. The van der Waals surface area contributed by atoms with Gasteiger partial charge in [0.1, 0.15) is 0 Å². The van der Waals surface area contributed by atoms with E-state index < -0.39 is 12.6 Å². The number of H-pyrrole nitrogens is 1. The minimum absolute atomic E-state index is 0. The molecule has 0 aliphatic rings. The largest absolute Gasteiger partial charge is 1.00 e. The molecule has 0 aliphatic carbocycles. The van der Waals surface area contributed by atoms with E-state index >= 15 is 0 Å². The molecule has 0 bridgehead atoms. The maximum absolute atomic E-state index is 12.1. The predicted molar refractivity (Wildman–Crippen MR) is 36.8 cm³/mol. The van der Waals surface area contributed by atoms with E-state index in [-0.39, 0.29) is 56.9 Å². The zero-order valence-electron chi connectivity index (χ0n) is 7.16. The van der Waals surface area contributed by atoms with Gasteiger partial charge < -0.3 is 18.0 Å². The first-order chi connectivity index (χ1) is 4.93. The van der Waals surface area contributed by atoms with E-state index in [4.69, 9.17) is 0 Å². The molecule has 1 aromatic heterocycles. The first kappa shape index (κ1) is 12.7. The molecule has 1 heterocycles. The van der Waals surface area contributed by atoms with Crippen molar-refractivity contribution in [2.24, 2.45) is 0 Å². The van der Waals surface area contributed by atoms with Gasteiger partial charge in [0, 0.05) is 0 Å². The standard InChI is InChI=1S/C5H7BF3N2.K/c1-3-4(2)10-11-5(3)6(7,8)9;/h1-2H3,(H,10,11);/q-1;+1. The van der Waals surface area contributed by atoms with Crippen LogP contribution in [-0.4, -0.2) is 17.2 Å². The van der Waals surface area contributed by atoms with Crippen LogP contribution in [0.5, 0.6) is 0 Å². The van der Waals surface area contributed by atoms with Crippen molar-refractivity contribution in [3.63, 3.8) is 0 Å². The molecule has 0 radical (unpaired) electrons. The number of aromatic nitrogens is 2. The van der Waals surface area contributed by atoms with Gasteiger partial charge in [-0.25, -0.2) is 0 Å². The minimum atomic E-state index is -4.93. The van der Waals surface area contributed by atoms with Crippen molar-refractivity contribution >= 4 is 12.6 Å². The molecule has 0 aromatic carbocycles. The van der Waals surface area contributed by atoms with E-state index in [1.807, 2.05) is 5.10 Å². The van der Waals surface area contributed by atoms with Crippen molar-refractivity contribution in [1.82, 2.24) is 10.2 Å². The molecule has 1 rings (SSSR count). The fourth-order valence-electron chi connectivity index (χ4n) is 0.825. The Bertz CT molecular complexity index is 270. The van der Waals surface area contributed by atoms with Crippen molar-refractivity contribution in [3.05, 3.63) is 11.3 Å². The first-order valence-corrected chi connectivity index (χ1v) is 3.14. The molecule has 12 heavy (non-hydrogen) atoms. The van der Waals surface area contributed by atoms with Gasteiger partial charge in [0.2, 0.25) is 0 Å². The number of hydrogen-bond donors (Lipinski definition) is 1. The van der Waals surface area contributed by atoms with Crippen LogP contribution in [0.3, 0.4) is 0 Å². The quantitative estimate of drug-likeness (QED) is 0.528. The van der Waals surface area contributed by atoms with E-state index in [0.717, 1.165) is 0 Å². The number of hydrogen-bond acceptors (Lipinski definition) is 1. The van der Waals surface area contributed by atoms with Crippen molar-refractivity contribution in [3.8, 4) is 0 Å². The Morgan fingerprint density at radius 1 is 1.25 bits per heavy atom. The minimum Gasteiger partial charge on any atom is -0.444 e. The van der Waals surface area contributed by atoms with Gasteiger partial charge >= 0.3 is 58.4 Å². The molecule has 0 fully saturated rings. The third kappa shape index (κ3) is 2.59. The average Bonchev–Trinajstić information content (AvgIpc) is 2.11. The summed E-state index contributed by atoms with van der Waals surface area (Å²) in [7, 11) is 0. The van der Waals surface area contributed by atoms with Gasteiger partial charge in [0.15, 0.2) is 0 Å². The van der Waals surface area contributed by atoms with Crippen LogP contribution in [-0.2, 0) is 0 Å². The molecule has 7 heteroatoms. The summed E-state index contributed by atoms with van der Waals surface area (Å²) < 4.78 is 36.2. The molecule has 2 nitrogen and oxygen atoms in total. The van der Waals surface area contributed by atoms with E-state index in [2.05, 4.69) is 5.10 Å². The second kappa shape index (κ2) is 4.28. The molecule has 0 amide bonds. The van der Waals surface area contributed by atoms with Crippen LogP contribution in [0.15, 0.2) is 0 Å². The molecule has 1 N–H and O–H groups in total. The zero-order valence-corrected chi connectivity index (χ0v) is 10.3. The molecule has 0 unspecified atom stereocenters. The van der Waals surface area contributed by atoms with Crippen LogP contribution in [0.4, 0.5) is 12.9 Å². The second-order valence-corrected chi connectivity index (χ2v) is 2.42. The monoisotopic (exact) mass is 202 g/mol.